The van der Waals surface area contributed by atoms with Crippen LogP contribution in [0.1, 0.15) is 75.9 Å². The molecule has 0 fully saturated rings. The molecule has 2 heterocycles. The summed E-state index contributed by atoms with van der Waals surface area (Å²) in [4.78, 5) is 45.0. The fourth-order valence-electron chi connectivity index (χ4n) is 3.27. The molecule has 8 nitrogen and oxygen atoms in total. The van der Waals surface area contributed by atoms with Gasteiger partial charge in [-0.2, -0.15) is 0 Å². The lowest BCUT2D eigenvalue weighted by molar-refractivity contribution is 0.0896. The zero-order chi connectivity index (χ0) is 21.1. The number of nitrogens with one attached hydrogen (secondary N) is 2. The second kappa shape index (κ2) is 11.5. The van der Waals surface area contributed by atoms with Crippen LogP contribution in [0.25, 0.3) is 11.0 Å². The first-order chi connectivity index (χ1) is 13.2. The van der Waals surface area contributed by atoms with Crippen molar-refractivity contribution in [2.45, 2.75) is 71.9 Å². The summed E-state index contributed by atoms with van der Waals surface area (Å²) >= 11 is 0. The molecule has 0 aliphatic rings. The van der Waals surface area contributed by atoms with Crippen molar-refractivity contribution >= 4 is 41.8 Å². The monoisotopic (exact) mass is 461 g/mol. The van der Waals surface area contributed by atoms with Crippen LogP contribution < -0.4 is 22.3 Å². The Morgan fingerprint density at radius 3 is 2.30 bits per heavy atom. The number of aryl methyl sites for hydroxylation is 1. The zero-order valence-electron chi connectivity index (χ0n) is 18.2. The van der Waals surface area contributed by atoms with E-state index in [2.05, 4.69) is 15.3 Å². The van der Waals surface area contributed by atoms with Crippen LogP contribution in [0.5, 0.6) is 0 Å². The van der Waals surface area contributed by atoms with Gasteiger partial charge in [-0.1, -0.05) is 34.6 Å². The van der Waals surface area contributed by atoms with Crippen molar-refractivity contribution in [3.05, 3.63) is 38.2 Å². The third-order valence-electron chi connectivity index (χ3n) is 5.37. The number of fused-ring (bicyclic) bond motifs is 1. The van der Waals surface area contributed by atoms with Gasteiger partial charge < -0.3 is 11.1 Å². The number of amides is 1. The van der Waals surface area contributed by atoms with Crippen molar-refractivity contribution in [2.75, 3.05) is 6.54 Å². The van der Waals surface area contributed by atoms with Gasteiger partial charge in [-0.05, 0) is 31.2 Å². The second-order valence-corrected chi connectivity index (χ2v) is 7.50. The lowest BCUT2D eigenvalue weighted by atomic mass is 9.92. The normalized spacial score (nSPS) is 11.2. The van der Waals surface area contributed by atoms with E-state index in [-0.39, 0.29) is 53.2 Å². The molecule has 0 aliphatic heterocycles. The lowest BCUT2D eigenvalue weighted by Crippen LogP contribution is -2.53. The summed E-state index contributed by atoms with van der Waals surface area (Å²) in [6.07, 6.45) is 2.03. The van der Waals surface area contributed by atoms with E-state index in [1.807, 2.05) is 34.6 Å². The van der Waals surface area contributed by atoms with Gasteiger partial charge in [0.05, 0.1) is 16.5 Å². The Bertz CT molecular complexity index is 973. The fourth-order valence-corrected chi connectivity index (χ4v) is 3.27. The third-order valence-corrected chi connectivity index (χ3v) is 5.37. The highest BCUT2D eigenvalue weighted by atomic mass is 35.5. The predicted molar refractivity (Wildman–Crippen MR) is 125 cm³/mol. The highest BCUT2D eigenvalue weighted by Gasteiger charge is 2.29. The fraction of sp³-hybridized carbons (Fsp3) is 0.600. The molecule has 30 heavy (non-hydrogen) atoms. The van der Waals surface area contributed by atoms with Crippen molar-refractivity contribution in [1.29, 1.82) is 0 Å². The van der Waals surface area contributed by atoms with E-state index < -0.39 is 16.8 Å². The van der Waals surface area contributed by atoms with Crippen molar-refractivity contribution in [3.63, 3.8) is 0 Å². The summed E-state index contributed by atoms with van der Waals surface area (Å²) in [6, 6.07) is 1.64. The Kier molecular flexibility index (Phi) is 10.8. The molecule has 2 aromatic heterocycles. The lowest BCUT2D eigenvalue weighted by Gasteiger charge is -2.31. The van der Waals surface area contributed by atoms with Crippen LogP contribution in [-0.4, -0.2) is 32.5 Å². The van der Waals surface area contributed by atoms with Crippen molar-refractivity contribution in [3.8, 4) is 0 Å². The van der Waals surface area contributed by atoms with E-state index in [1.54, 1.807) is 6.07 Å². The maximum atomic E-state index is 13.2. The Hall–Kier alpha value is -1.90. The predicted octanol–water partition coefficient (Wildman–Crippen LogP) is 2.71. The number of pyridine rings is 1. The number of carbonyl (C=O) groups excluding carboxylic acids is 1. The minimum atomic E-state index is -0.605. The molecule has 10 heteroatoms. The molecule has 0 atom stereocenters. The number of aromatic nitrogens is 3. The SMILES string of the molecule is CCCn1c(=O)[nH]c(=O)c2c(C(=O)NC(CC)(CC)CN)cc(C(C)C)nc21.Cl.Cl. The largest absolute Gasteiger partial charge is 0.345 e. The molecule has 170 valence electrons. The molecular weight excluding hydrogens is 429 g/mol. The zero-order valence-corrected chi connectivity index (χ0v) is 19.8. The van der Waals surface area contributed by atoms with Crippen LogP contribution in [-0.2, 0) is 6.54 Å². The number of nitrogens with two attached hydrogens (primary N) is 1. The van der Waals surface area contributed by atoms with Gasteiger partial charge in [0.1, 0.15) is 0 Å². The van der Waals surface area contributed by atoms with Crippen LogP contribution in [0.4, 0.5) is 0 Å². The van der Waals surface area contributed by atoms with Crippen LogP contribution in [0.2, 0.25) is 0 Å². The maximum Gasteiger partial charge on any atom is 0.329 e. The summed E-state index contributed by atoms with van der Waals surface area (Å²) in [7, 11) is 0. The molecule has 0 aliphatic carbocycles. The number of hydrogen-bond acceptors (Lipinski definition) is 5. The number of carbonyl (C=O) groups is 1. The van der Waals surface area contributed by atoms with Gasteiger partial charge >= 0.3 is 5.69 Å². The smallest absolute Gasteiger partial charge is 0.329 e. The molecular formula is C20H33Cl2N5O3. The van der Waals surface area contributed by atoms with Gasteiger partial charge in [0, 0.05) is 18.8 Å². The molecule has 0 radical (unpaired) electrons. The first-order valence-corrected chi connectivity index (χ1v) is 9.93. The van der Waals surface area contributed by atoms with Crippen LogP contribution in [0.3, 0.4) is 0 Å². The number of H-pyrrole nitrogens is 1. The van der Waals surface area contributed by atoms with Crippen LogP contribution in [0.15, 0.2) is 15.7 Å². The number of aromatic amines is 1. The van der Waals surface area contributed by atoms with E-state index in [4.69, 9.17) is 5.73 Å². The first kappa shape index (κ1) is 28.1. The Labute approximate surface area is 188 Å². The summed E-state index contributed by atoms with van der Waals surface area (Å²) in [5.41, 5.74) is 5.37. The van der Waals surface area contributed by atoms with E-state index in [9.17, 15) is 14.4 Å². The molecule has 0 saturated heterocycles. The van der Waals surface area contributed by atoms with Crippen LogP contribution in [0, 0.1) is 0 Å². The number of rotatable bonds is 8. The second-order valence-electron chi connectivity index (χ2n) is 7.50. The molecule has 0 aromatic carbocycles. The average molecular weight is 462 g/mol. The van der Waals surface area contributed by atoms with Crippen molar-refractivity contribution < 1.29 is 4.79 Å². The summed E-state index contributed by atoms with van der Waals surface area (Å²) in [6.45, 7) is 10.5. The van der Waals surface area contributed by atoms with Crippen LogP contribution >= 0.6 is 24.8 Å². The molecule has 0 bridgehead atoms. The molecule has 0 saturated carbocycles. The Morgan fingerprint density at radius 1 is 1.23 bits per heavy atom. The Balaban J connectivity index is 0.00000420. The third kappa shape index (κ3) is 5.42. The number of halogens is 2. The molecule has 2 rings (SSSR count). The van der Waals surface area contributed by atoms with Crippen molar-refractivity contribution in [1.82, 2.24) is 19.9 Å². The quantitative estimate of drug-likeness (QED) is 0.557. The topological polar surface area (TPSA) is 123 Å². The van der Waals surface area contributed by atoms with Gasteiger partial charge in [0.2, 0.25) is 0 Å². The van der Waals surface area contributed by atoms with Gasteiger partial charge in [0.15, 0.2) is 5.65 Å². The molecule has 1 amide bonds. The summed E-state index contributed by atoms with van der Waals surface area (Å²) in [5, 5.41) is 3.15. The summed E-state index contributed by atoms with van der Waals surface area (Å²) < 4.78 is 1.43. The number of nitrogens with zero attached hydrogens (tertiary/aromatic N) is 2. The number of hydrogen-bond donors (Lipinski definition) is 3. The van der Waals surface area contributed by atoms with Gasteiger partial charge in [-0.25, -0.2) is 9.78 Å². The highest BCUT2D eigenvalue weighted by molar-refractivity contribution is 6.05. The Morgan fingerprint density at radius 2 is 1.83 bits per heavy atom. The molecule has 2 aromatic rings. The standard InChI is InChI=1S/C20H31N5O3.2ClH/c1-6-9-25-16-15(18(27)23-19(25)28)13(10-14(22-16)12(4)5)17(26)24-20(7-2,8-3)11-21;;/h10,12H,6-9,11,21H2,1-5H3,(H,24,26)(H,23,27,28);2*1H. The minimum absolute atomic E-state index is 0. The maximum absolute atomic E-state index is 13.2. The first-order valence-electron chi connectivity index (χ1n) is 9.93. The molecule has 0 spiro atoms. The summed E-state index contributed by atoms with van der Waals surface area (Å²) in [5.74, 6) is -0.354. The van der Waals surface area contributed by atoms with E-state index in [0.717, 1.165) is 0 Å². The molecule has 4 N–H and O–H groups in total. The minimum Gasteiger partial charge on any atom is -0.345 e. The van der Waals surface area contributed by atoms with Gasteiger partial charge in [-0.15, -0.1) is 24.8 Å². The van der Waals surface area contributed by atoms with E-state index >= 15 is 0 Å². The van der Waals surface area contributed by atoms with Gasteiger partial charge in [-0.3, -0.25) is 19.1 Å². The molecule has 0 unspecified atom stereocenters. The van der Waals surface area contributed by atoms with Crippen molar-refractivity contribution in [2.24, 2.45) is 5.73 Å². The average Bonchev–Trinajstić information content (AvgIpc) is 2.68. The van der Waals surface area contributed by atoms with Gasteiger partial charge in [0.25, 0.3) is 11.5 Å². The highest BCUT2D eigenvalue weighted by Crippen LogP contribution is 2.21. The van der Waals surface area contributed by atoms with E-state index in [1.165, 1.54) is 4.57 Å². The van der Waals surface area contributed by atoms with E-state index in [0.29, 0.717) is 38.0 Å².